The Kier molecular flexibility index (Phi) is 6.90. The molecule has 0 aliphatic rings. The summed E-state index contributed by atoms with van der Waals surface area (Å²) < 4.78 is 5.51. The van der Waals surface area contributed by atoms with Gasteiger partial charge in [0.1, 0.15) is 5.75 Å². The normalized spacial score (nSPS) is 12.2. The zero-order valence-electron chi connectivity index (χ0n) is 17.7. The Morgan fingerprint density at radius 3 is 2.28 bits per heavy atom. The van der Waals surface area contributed by atoms with Crippen molar-refractivity contribution in [2.45, 2.75) is 46.5 Å². The van der Waals surface area contributed by atoms with Crippen LogP contribution in [-0.4, -0.2) is 28.9 Å². The summed E-state index contributed by atoms with van der Waals surface area (Å²) in [4.78, 5) is 11.9. The van der Waals surface area contributed by atoms with Gasteiger partial charge in [-0.3, -0.25) is 4.79 Å². The fraction of sp³-hybridized carbons (Fsp3) is 0.391. The Morgan fingerprint density at radius 2 is 1.69 bits per heavy atom. The molecule has 156 valence electrons. The van der Waals surface area contributed by atoms with Crippen molar-refractivity contribution < 1.29 is 19.7 Å². The number of phenols is 2. The molecule has 2 rings (SSSR count). The van der Waals surface area contributed by atoms with E-state index in [1.54, 1.807) is 6.07 Å². The van der Waals surface area contributed by atoms with Crippen LogP contribution in [0.25, 0.3) is 0 Å². The Balaban J connectivity index is 1.85. The fourth-order valence-corrected chi connectivity index (χ4v) is 3.41. The van der Waals surface area contributed by atoms with E-state index in [0.717, 1.165) is 6.42 Å². The summed E-state index contributed by atoms with van der Waals surface area (Å²) >= 11 is 0. The van der Waals surface area contributed by atoms with E-state index in [-0.39, 0.29) is 28.9 Å². The predicted octanol–water partition coefficient (Wildman–Crippen LogP) is 4.34. The van der Waals surface area contributed by atoms with E-state index in [1.807, 2.05) is 24.3 Å². The van der Waals surface area contributed by atoms with Crippen molar-refractivity contribution >= 4 is 12.1 Å². The Bertz CT molecular complexity index is 865. The summed E-state index contributed by atoms with van der Waals surface area (Å²) in [5.41, 5.74) is 4.40. The SMILES string of the molecule is CC(C)(C)CC(C)(C)c1ccc(OCC(=O)N/N=C/c2ccc(O)c(O)c2)cc1. The first kappa shape index (κ1) is 22.3. The minimum Gasteiger partial charge on any atom is -0.504 e. The second-order valence-corrected chi connectivity index (χ2v) is 8.98. The molecule has 0 saturated carbocycles. The van der Waals surface area contributed by atoms with Gasteiger partial charge in [-0.05, 0) is 58.7 Å². The van der Waals surface area contributed by atoms with Crippen LogP contribution in [0.15, 0.2) is 47.6 Å². The van der Waals surface area contributed by atoms with Crippen molar-refractivity contribution in [3.05, 3.63) is 53.6 Å². The van der Waals surface area contributed by atoms with Gasteiger partial charge < -0.3 is 14.9 Å². The highest BCUT2D eigenvalue weighted by atomic mass is 16.5. The van der Waals surface area contributed by atoms with Gasteiger partial charge in [0.05, 0.1) is 6.21 Å². The van der Waals surface area contributed by atoms with E-state index in [9.17, 15) is 15.0 Å². The Labute approximate surface area is 172 Å². The summed E-state index contributed by atoms with van der Waals surface area (Å²) in [5.74, 6) is -0.255. The topological polar surface area (TPSA) is 91.2 Å². The van der Waals surface area contributed by atoms with E-state index in [2.05, 4.69) is 45.1 Å². The lowest BCUT2D eigenvalue weighted by Gasteiger charge is -2.33. The number of nitrogens with one attached hydrogen (secondary N) is 1. The highest BCUT2D eigenvalue weighted by Crippen LogP contribution is 2.36. The first-order chi connectivity index (χ1) is 13.5. The highest BCUT2D eigenvalue weighted by molar-refractivity contribution is 5.83. The average Bonchev–Trinajstić information content (AvgIpc) is 2.61. The Morgan fingerprint density at radius 1 is 1.03 bits per heavy atom. The van der Waals surface area contributed by atoms with Gasteiger partial charge in [0, 0.05) is 0 Å². The molecule has 0 aliphatic heterocycles. The van der Waals surface area contributed by atoms with Crippen LogP contribution in [0.3, 0.4) is 0 Å². The summed E-state index contributed by atoms with van der Waals surface area (Å²) in [5, 5.41) is 22.5. The molecule has 2 aromatic rings. The lowest BCUT2D eigenvalue weighted by molar-refractivity contribution is -0.123. The summed E-state index contributed by atoms with van der Waals surface area (Å²) in [6.45, 7) is 11.0. The van der Waals surface area contributed by atoms with E-state index in [4.69, 9.17) is 4.74 Å². The molecule has 6 nitrogen and oxygen atoms in total. The summed E-state index contributed by atoms with van der Waals surface area (Å²) in [6, 6.07) is 12.1. The maximum absolute atomic E-state index is 11.9. The lowest BCUT2D eigenvalue weighted by atomic mass is 9.72. The number of amides is 1. The molecule has 0 aliphatic carbocycles. The molecule has 0 saturated heterocycles. The molecular weight excluding hydrogens is 368 g/mol. The third-order valence-electron chi connectivity index (χ3n) is 4.38. The molecule has 0 fully saturated rings. The van der Waals surface area contributed by atoms with Crippen molar-refractivity contribution in [2.24, 2.45) is 10.5 Å². The third-order valence-corrected chi connectivity index (χ3v) is 4.38. The quantitative estimate of drug-likeness (QED) is 0.368. The first-order valence-corrected chi connectivity index (χ1v) is 9.53. The molecule has 0 heterocycles. The van der Waals surface area contributed by atoms with Crippen LogP contribution in [0, 0.1) is 5.41 Å². The number of rotatable bonds is 7. The molecule has 0 unspecified atom stereocenters. The number of hydrazone groups is 1. The van der Waals surface area contributed by atoms with Gasteiger partial charge in [0.25, 0.3) is 5.91 Å². The fourth-order valence-electron chi connectivity index (χ4n) is 3.41. The molecule has 0 aromatic heterocycles. The van der Waals surface area contributed by atoms with Crippen LogP contribution in [0.4, 0.5) is 0 Å². The van der Waals surface area contributed by atoms with Crippen LogP contribution in [0.5, 0.6) is 17.2 Å². The first-order valence-electron chi connectivity index (χ1n) is 9.53. The maximum Gasteiger partial charge on any atom is 0.277 e. The van der Waals surface area contributed by atoms with Crippen LogP contribution in [0.1, 0.15) is 52.2 Å². The number of hydrogen-bond acceptors (Lipinski definition) is 5. The second-order valence-electron chi connectivity index (χ2n) is 8.98. The zero-order valence-corrected chi connectivity index (χ0v) is 17.7. The second kappa shape index (κ2) is 8.99. The highest BCUT2D eigenvalue weighted by Gasteiger charge is 2.27. The van der Waals surface area contributed by atoms with Gasteiger partial charge in [-0.15, -0.1) is 0 Å². The molecule has 0 spiro atoms. The molecular formula is C23H30N2O4. The molecule has 2 aromatic carbocycles. The molecule has 6 heteroatoms. The third kappa shape index (κ3) is 7.14. The van der Waals surface area contributed by atoms with Crippen molar-refractivity contribution in [1.29, 1.82) is 0 Å². The number of benzene rings is 2. The summed E-state index contributed by atoms with van der Waals surface area (Å²) in [6.07, 6.45) is 2.42. The largest absolute Gasteiger partial charge is 0.504 e. The smallest absolute Gasteiger partial charge is 0.277 e. The van der Waals surface area contributed by atoms with Crippen molar-refractivity contribution in [2.75, 3.05) is 6.61 Å². The molecule has 3 N–H and O–H groups in total. The van der Waals surface area contributed by atoms with Gasteiger partial charge in [0.15, 0.2) is 18.1 Å². The number of ether oxygens (including phenoxy) is 1. The van der Waals surface area contributed by atoms with Gasteiger partial charge in [0.2, 0.25) is 0 Å². The van der Waals surface area contributed by atoms with Gasteiger partial charge in [-0.25, -0.2) is 5.43 Å². The van der Waals surface area contributed by atoms with E-state index < -0.39 is 5.91 Å². The minimum atomic E-state index is -0.401. The zero-order chi connectivity index (χ0) is 21.7. The lowest BCUT2D eigenvalue weighted by Crippen LogP contribution is -2.25. The van der Waals surface area contributed by atoms with Crippen molar-refractivity contribution in [3.63, 3.8) is 0 Å². The van der Waals surface area contributed by atoms with Crippen molar-refractivity contribution in [3.8, 4) is 17.2 Å². The van der Waals surface area contributed by atoms with Gasteiger partial charge in [-0.1, -0.05) is 46.8 Å². The summed E-state index contributed by atoms with van der Waals surface area (Å²) in [7, 11) is 0. The number of carbonyl (C=O) groups is 1. The average molecular weight is 399 g/mol. The van der Waals surface area contributed by atoms with Crippen LogP contribution in [-0.2, 0) is 10.2 Å². The van der Waals surface area contributed by atoms with Crippen LogP contribution < -0.4 is 10.2 Å². The minimum absolute atomic E-state index is 0.0472. The molecule has 0 atom stereocenters. The molecule has 29 heavy (non-hydrogen) atoms. The van der Waals surface area contributed by atoms with E-state index in [0.29, 0.717) is 11.3 Å². The van der Waals surface area contributed by atoms with Gasteiger partial charge in [-0.2, -0.15) is 5.10 Å². The molecule has 0 bridgehead atoms. The number of phenolic OH excluding ortho intramolecular Hbond substituents is 2. The predicted molar refractivity (Wildman–Crippen MR) is 115 cm³/mol. The molecule has 1 amide bonds. The number of carbonyl (C=O) groups excluding carboxylic acids is 1. The van der Waals surface area contributed by atoms with Crippen LogP contribution >= 0.6 is 0 Å². The van der Waals surface area contributed by atoms with Crippen LogP contribution in [0.2, 0.25) is 0 Å². The number of hydrogen-bond donors (Lipinski definition) is 3. The Hall–Kier alpha value is -3.02. The van der Waals surface area contributed by atoms with Gasteiger partial charge >= 0.3 is 0 Å². The van der Waals surface area contributed by atoms with E-state index >= 15 is 0 Å². The van der Waals surface area contributed by atoms with E-state index in [1.165, 1.54) is 23.9 Å². The number of aromatic hydroxyl groups is 2. The molecule has 0 radical (unpaired) electrons. The monoisotopic (exact) mass is 398 g/mol. The number of nitrogens with zero attached hydrogens (tertiary/aromatic N) is 1. The standard InChI is InChI=1S/C23H30N2O4/c1-22(2,3)15-23(4,5)17-7-9-18(10-8-17)29-14-21(28)25-24-13-16-6-11-19(26)20(27)12-16/h6-13,26-27H,14-15H2,1-5H3,(H,25,28)/b24-13+. The maximum atomic E-state index is 11.9. The van der Waals surface area contributed by atoms with Crippen molar-refractivity contribution in [1.82, 2.24) is 5.43 Å².